The number of thiocarbonyl (C=S) groups is 1. The molecule has 124 valence electrons. The summed E-state index contributed by atoms with van der Waals surface area (Å²) < 4.78 is 18.8. The number of nitro benzene ring substituents is 1. The predicted octanol–water partition coefficient (Wildman–Crippen LogP) is 2.48. The second-order valence-corrected chi connectivity index (χ2v) is 5.07. The molecule has 24 heavy (non-hydrogen) atoms. The van der Waals surface area contributed by atoms with Gasteiger partial charge in [-0.3, -0.25) is 15.5 Å². The number of nitrogens with zero attached hydrogens (tertiary/aromatic N) is 2. The van der Waals surface area contributed by atoms with Crippen molar-refractivity contribution in [2.75, 3.05) is 0 Å². The van der Waals surface area contributed by atoms with Gasteiger partial charge in [-0.25, -0.2) is 4.39 Å². The van der Waals surface area contributed by atoms with Gasteiger partial charge in [0.05, 0.1) is 11.1 Å². The summed E-state index contributed by atoms with van der Waals surface area (Å²) in [5.41, 5.74) is 8.46. The lowest BCUT2D eigenvalue weighted by Crippen LogP contribution is -2.24. The molecule has 0 radical (unpaired) electrons. The van der Waals surface area contributed by atoms with Gasteiger partial charge in [0.1, 0.15) is 18.2 Å². The average Bonchev–Trinajstić information content (AvgIpc) is 2.53. The highest BCUT2D eigenvalue weighted by Crippen LogP contribution is 2.24. The second-order valence-electron chi connectivity index (χ2n) is 4.63. The Bertz CT molecular complexity index is 798. The molecule has 0 heterocycles. The van der Waals surface area contributed by atoms with E-state index < -0.39 is 4.92 Å². The molecule has 2 aromatic rings. The van der Waals surface area contributed by atoms with Crippen molar-refractivity contribution < 1.29 is 14.1 Å². The van der Waals surface area contributed by atoms with Crippen LogP contribution >= 0.6 is 12.2 Å². The van der Waals surface area contributed by atoms with Crippen LogP contribution in [0.3, 0.4) is 0 Å². The van der Waals surface area contributed by atoms with E-state index in [1.54, 1.807) is 12.1 Å². The van der Waals surface area contributed by atoms with Crippen LogP contribution in [-0.4, -0.2) is 16.3 Å². The van der Waals surface area contributed by atoms with Crippen LogP contribution in [0.1, 0.15) is 11.1 Å². The molecule has 0 bridgehead atoms. The van der Waals surface area contributed by atoms with Crippen LogP contribution in [-0.2, 0) is 6.61 Å². The summed E-state index contributed by atoms with van der Waals surface area (Å²) in [6, 6.07) is 9.99. The topological polar surface area (TPSA) is 103 Å². The third kappa shape index (κ3) is 4.99. The smallest absolute Gasteiger partial charge is 0.270 e. The van der Waals surface area contributed by atoms with Crippen molar-refractivity contribution in [1.82, 2.24) is 5.43 Å². The first-order valence-electron chi connectivity index (χ1n) is 6.70. The van der Waals surface area contributed by atoms with Crippen molar-refractivity contribution in [3.05, 3.63) is 69.5 Å². The molecular formula is C15H13FN4O3S. The monoisotopic (exact) mass is 348 g/mol. The summed E-state index contributed by atoms with van der Waals surface area (Å²) in [6.45, 7) is 0.0964. The summed E-state index contributed by atoms with van der Waals surface area (Å²) >= 11 is 4.62. The van der Waals surface area contributed by atoms with Gasteiger partial charge in [0, 0.05) is 17.7 Å². The van der Waals surface area contributed by atoms with Crippen LogP contribution in [0.5, 0.6) is 5.75 Å². The SMILES string of the molecule is NC(=S)NN=Cc1cc([N+](=O)[O-])ccc1OCc1cccc(F)c1. The minimum absolute atomic E-state index is 0.0427. The molecule has 9 heteroatoms. The number of benzene rings is 2. The number of nitrogens with two attached hydrogens (primary N) is 1. The van der Waals surface area contributed by atoms with E-state index >= 15 is 0 Å². The average molecular weight is 348 g/mol. The minimum atomic E-state index is -0.533. The van der Waals surface area contributed by atoms with Gasteiger partial charge in [0.2, 0.25) is 0 Å². The highest BCUT2D eigenvalue weighted by atomic mass is 32.1. The van der Waals surface area contributed by atoms with E-state index in [0.717, 1.165) is 0 Å². The van der Waals surface area contributed by atoms with Gasteiger partial charge in [-0.15, -0.1) is 0 Å². The first-order chi connectivity index (χ1) is 11.5. The number of rotatable bonds is 6. The van der Waals surface area contributed by atoms with Crippen LogP contribution in [0, 0.1) is 15.9 Å². The number of nitrogens with one attached hydrogen (secondary N) is 1. The van der Waals surface area contributed by atoms with E-state index in [1.807, 2.05) is 0 Å². The maximum atomic E-state index is 13.2. The lowest BCUT2D eigenvalue weighted by Gasteiger charge is -2.09. The predicted molar refractivity (Wildman–Crippen MR) is 91.3 cm³/mol. The highest BCUT2D eigenvalue weighted by molar-refractivity contribution is 7.80. The van der Waals surface area contributed by atoms with Crippen molar-refractivity contribution >= 4 is 29.2 Å². The molecule has 7 nitrogen and oxygen atoms in total. The van der Waals surface area contributed by atoms with Crippen molar-refractivity contribution in [3.8, 4) is 5.75 Å². The van der Waals surface area contributed by atoms with Gasteiger partial charge < -0.3 is 10.5 Å². The number of hydrogen-bond donors (Lipinski definition) is 2. The van der Waals surface area contributed by atoms with E-state index in [0.29, 0.717) is 16.9 Å². The summed E-state index contributed by atoms with van der Waals surface area (Å²) in [5, 5.41) is 14.6. The number of hydrogen-bond acceptors (Lipinski definition) is 5. The van der Waals surface area contributed by atoms with Crippen molar-refractivity contribution in [3.63, 3.8) is 0 Å². The van der Waals surface area contributed by atoms with E-state index in [2.05, 4.69) is 22.7 Å². The molecule has 2 rings (SSSR count). The maximum Gasteiger partial charge on any atom is 0.270 e. The fourth-order valence-corrected chi connectivity index (χ4v) is 1.89. The molecule has 2 aromatic carbocycles. The zero-order valence-corrected chi connectivity index (χ0v) is 13.1. The molecule has 0 spiro atoms. The Morgan fingerprint density at radius 3 is 2.88 bits per heavy atom. The molecule has 0 aliphatic rings. The Kier molecular flexibility index (Phi) is 5.74. The molecule has 0 aliphatic heterocycles. The van der Waals surface area contributed by atoms with Gasteiger partial charge >= 0.3 is 0 Å². The van der Waals surface area contributed by atoms with Crippen molar-refractivity contribution in [2.24, 2.45) is 10.8 Å². The third-order valence-corrected chi connectivity index (χ3v) is 2.96. The number of non-ortho nitro benzene ring substituents is 1. The van der Waals surface area contributed by atoms with E-state index in [-0.39, 0.29) is 23.2 Å². The van der Waals surface area contributed by atoms with Gasteiger partial charge in [0.15, 0.2) is 5.11 Å². The molecule has 0 amide bonds. The first kappa shape index (κ1) is 17.3. The van der Waals surface area contributed by atoms with Crippen molar-refractivity contribution in [1.29, 1.82) is 0 Å². The van der Waals surface area contributed by atoms with Crippen LogP contribution in [0.4, 0.5) is 10.1 Å². The summed E-state index contributed by atoms with van der Waals surface area (Å²) in [6.07, 6.45) is 1.30. The summed E-state index contributed by atoms with van der Waals surface area (Å²) in [4.78, 5) is 10.4. The van der Waals surface area contributed by atoms with Crippen LogP contribution in [0.2, 0.25) is 0 Å². The Balaban J connectivity index is 2.21. The first-order valence-corrected chi connectivity index (χ1v) is 7.11. The van der Waals surface area contributed by atoms with Crippen LogP contribution in [0.25, 0.3) is 0 Å². The lowest BCUT2D eigenvalue weighted by atomic mass is 10.2. The quantitative estimate of drug-likeness (QED) is 0.360. The molecule has 0 saturated heterocycles. The molecule has 0 unspecified atom stereocenters. The van der Waals surface area contributed by atoms with Gasteiger partial charge in [0.25, 0.3) is 5.69 Å². The number of ether oxygens (including phenoxy) is 1. The fraction of sp³-hybridized carbons (Fsp3) is 0.0667. The molecule has 0 atom stereocenters. The fourth-order valence-electron chi connectivity index (χ4n) is 1.84. The molecule has 0 saturated carbocycles. The lowest BCUT2D eigenvalue weighted by molar-refractivity contribution is -0.384. The zero-order chi connectivity index (χ0) is 17.5. The zero-order valence-electron chi connectivity index (χ0n) is 12.3. The van der Waals surface area contributed by atoms with E-state index in [1.165, 1.54) is 36.5 Å². The van der Waals surface area contributed by atoms with Crippen LogP contribution in [0.15, 0.2) is 47.6 Å². The Labute approximate surface area is 142 Å². The number of hydrazone groups is 1. The van der Waals surface area contributed by atoms with Gasteiger partial charge in [-0.1, -0.05) is 12.1 Å². The highest BCUT2D eigenvalue weighted by Gasteiger charge is 2.11. The normalized spacial score (nSPS) is 10.5. The summed E-state index contributed by atoms with van der Waals surface area (Å²) in [7, 11) is 0. The second kappa shape index (κ2) is 7.97. The van der Waals surface area contributed by atoms with Gasteiger partial charge in [-0.2, -0.15) is 5.10 Å². The minimum Gasteiger partial charge on any atom is -0.488 e. The molecule has 0 aliphatic carbocycles. The Hall–Kier alpha value is -3.07. The molecule has 0 aromatic heterocycles. The Morgan fingerprint density at radius 2 is 2.21 bits per heavy atom. The van der Waals surface area contributed by atoms with E-state index in [4.69, 9.17) is 10.5 Å². The Morgan fingerprint density at radius 1 is 1.42 bits per heavy atom. The molecular weight excluding hydrogens is 335 g/mol. The summed E-state index contributed by atoms with van der Waals surface area (Å²) in [5.74, 6) is -0.0272. The van der Waals surface area contributed by atoms with Crippen molar-refractivity contribution in [2.45, 2.75) is 6.61 Å². The largest absolute Gasteiger partial charge is 0.488 e. The van der Waals surface area contributed by atoms with Gasteiger partial charge in [-0.05, 0) is 36.0 Å². The third-order valence-electron chi connectivity index (χ3n) is 2.87. The van der Waals surface area contributed by atoms with E-state index in [9.17, 15) is 14.5 Å². The standard InChI is InChI=1S/C15H13FN4O3S/c16-12-3-1-2-10(6-12)9-23-14-5-4-13(20(21)22)7-11(14)8-18-19-15(17)24/h1-8H,9H2,(H3,17,19,24). The number of halogens is 1. The number of nitro groups is 1. The molecule has 0 fully saturated rings. The van der Waals surface area contributed by atoms with Crippen LogP contribution < -0.4 is 15.9 Å². The maximum absolute atomic E-state index is 13.2. The molecule has 3 N–H and O–H groups in total.